The Morgan fingerprint density at radius 2 is 1.68 bits per heavy atom. The lowest BCUT2D eigenvalue weighted by molar-refractivity contribution is -0.141. The first kappa shape index (κ1) is 33.4. The van der Waals surface area contributed by atoms with Crippen molar-refractivity contribution in [3.05, 3.63) is 87.9 Å². The molecule has 3 aromatic carbocycles. The van der Waals surface area contributed by atoms with Gasteiger partial charge < -0.3 is 19.7 Å². The molecule has 1 heterocycles. The van der Waals surface area contributed by atoms with E-state index in [0.29, 0.717) is 39.2 Å². The minimum Gasteiger partial charge on any atom is -0.454 e. The molecule has 12 heteroatoms. The summed E-state index contributed by atoms with van der Waals surface area (Å²) in [5.74, 6) is 0.428. The summed E-state index contributed by atoms with van der Waals surface area (Å²) in [6, 6.07) is 18.6. The molecule has 0 aliphatic carbocycles. The fourth-order valence-corrected chi connectivity index (χ4v) is 6.15. The van der Waals surface area contributed by atoms with Gasteiger partial charge in [-0.3, -0.25) is 13.9 Å². The van der Waals surface area contributed by atoms with E-state index in [1.165, 1.54) is 4.31 Å². The Hall–Kier alpha value is -3.47. The average molecular weight is 663 g/mol. The first-order valence-electron chi connectivity index (χ1n) is 14.4. The Balaban J connectivity index is 1.60. The normalized spacial score (nSPS) is 13.7. The summed E-state index contributed by atoms with van der Waals surface area (Å²) in [5, 5.41) is 3.76. The minimum atomic E-state index is -3.68. The van der Waals surface area contributed by atoms with Crippen molar-refractivity contribution in [3.63, 3.8) is 0 Å². The van der Waals surface area contributed by atoms with E-state index in [9.17, 15) is 18.0 Å². The van der Waals surface area contributed by atoms with Crippen molar-refractivity contribution >= 4 is 50.7 Å². The van der Waals surface area contributed by atoms with Crippen molar-refractivity contribution < 1.29 is 27.5 Å². The van der Waals surface area contributed by atoms with E-state index in [2.05, 4.69) is 5.32 Å². The van der Waals surface area contributed by atoms with Crippen molar-refractivity contribution in [3.8, 4) is 11.5 Å². The molecule has 1 aliphatic rings. The van der Waals surface area contributed by atoms with Crippen LogP contribution in [-0.2, 0) is 32.6 Å². The number of nitrogens with one attached hydrogen (secondary N) is 1. The molecule has 1 N–H and O–H groups in total. The molecule has 1 aliphatic heterocycles. The molecule has 0 bridgehead atoms. The third kappa shape index (κ3) is 8.80. The van der Waals surface area contributed by atoms with Crippen molar-refractivity contribution in [2.45, 2.75) is 58.2 Å². The van der Waals surface area contributed by atoms with Crippen molar-refractivity contribution in [1.29, 1.82) is 0 Å². The number of carbonyl (C=O) groups is 2. The average Bonchev–Trinajstić information content (AvgIpc) is 3.46. The fourth-order valence-electron chi connectivity index (χ4n) is 4.87. The number of hydrogen-bond acceptors (Lipinski definition) is 6. The molecule has 2 amide bonds. The van der Waals surface area contributed by atoms with Gasteiger partial charge in [-0.15, -0.1) is 0 Å². The van der Waals surface area contributed by atoms with Gasteiger partial charge in [0.05, 0.1) is 22.0 Å². The molecule has 44 heavy (non-hydrogen) atoms. The van der Waals surface area contributed by atoms with E-state index in [1.807, 2.05) is 44.2 Å². The van der Waals surface area contributed by atoms with Crippen LogP contribution in [-0.4, -0.2) is 56.8 Å². The maximum atomic E-state index is 14.0. The molecule has 0 spiro atoms. The Morgan fingerprint density at radius 1 is 0.955 bits per heavy atom. The van der Waals surface area contributed by atoms with Crippen LogP contribution >= 0.6 is 23.2 Å². The minimum absolute atomic E-state index is 0.000204. The number of carbonyl (C=O) groups excluding carboxylic acids is 2. The highest BCUT2D eigenvalue weighted by atomic mass is 35.5. The number of amides is 2. The molecule has 0 saturated heterocycles. The number of nitrogens with zero attached hydrogens (tertiary/aromatic N) is 2. The van der Waals surface area contributed by atoms with E-state index < -0.39 is 16.1 Å². The number of fused-ring (bicyclic) bond motifs is 1. The third-order valence-electron chi connectivity index (χ3n) is 7.41. The van der Waals surface area contributed by atoms with Crippen LogP contribution in [0.25, 0.3) is 0 Å². The zero-order valence-electron chi connectivity index (χ0n) is 25.0. The number of ether oxygens (including phenoxy) is 2. The van der Waals surface area contributed by atoms with Crippen LogP contribution < -0.4 is 19.1 Å². The second kappa shape index (κ2) is 15.0. The molecular weight excluding hydrogens is 625 g/mol. The molecule has 3 aromatic rings. The molecule has 9 nitrogen and oxygen atoms in total. The van der Waals surface area contributed by atoms with Crippen LogP contribution in [0.1, 0.15) is 44.2 Å². The molecule has 2 atom stereocenters. The Kier molecular flexibility index (Phi) is 11.4. The monoisotopic (exact) mass is 661 g/mol. The lowest BCUT2D eigenvalue weighted by Crippen LogP contribution is -2.52. The maximum absolute atomic E-state index is 14.0. The highest BCUT2D eigenvalue weighted by Gasteiger charge is 2.31. The molecule has 4 rings (SSSR count). The second-order valence-electron chi connectivity index (χ2n) is 10.8. The first-order chi connectivity index (χ1) is 21.0. The van der Waals surface area contributed by atoms with Gasteiger partial charge in [-0.25, -0.2) is 8.42 Å². The van der Waals surface area contributed by atoms with Gasteiger partial charge in [0.1, 0.15) is 6.04 Å². The SMILES string of the molecule is CC[C@@H](C)NC(=O)[C@@H](Cc1ccccc1)N(Cc1ccc(Cl)c(Cl)c1)C(=O)CCCN(c1ccc2c(c1)OCO2)S(C)(=O)=O. The lowest BCUT2D eigenvalue weighted by atomic mass is 10.0. The van der Waals surface area contributed by atoms with E-state index in [-0.39, 0.29) is 50.6 Å². The van der Waals surface area contributed by atoms with E-state index in [4.69, 9.17) is 32.7 Å². The highest BCUT2D eigenvalue weighted by Crippen LogP contribution is 2.36. The van der Waals surface area contributed by atoms with Gasteiger partial charge in [-0.05, 0) is 55.2 Å². The zero-order chi connectivity index (χ0) is 31.9. The largest absolute Gasteiger partial charge is 0.454 e. The number of hydrogen-bond donors (Lipinski definition) is 1. The van der Waals surface area contributed by atoms with Gasteiger partial charge in [0.15, 0.2) is 11.5 Å². The highest BCUT2D eigenvalue weighted by molar-refractivity contribution is 7.92. The summed E-state index contributed by atoms with van der Waals surface area (Å²) in [6.45, 7) is 4.11. The van der Waals surface area contributed by atoms with E-state index in [1.54, 1.807) is 41.3 Å². The second-order valence-corrected chi connectivity index (χ2v) is 13.5. The molecule has 0 aromatic heterocycles. The van der Waals surface area contributed by atoms with E-state index >= 15 is 0 Å². The predicted molar refractivity (Wildman–Crippen MR) is 173 cm³/mol. The smallest absolute Gasteiger partial charge is 0.243 e. The number of halogens is 2. The molecule has 0 fully saturated rings. The first-order valence-corrected chi connectivity index (χ1v) is 17.0. The standard InChI is InChI=1S/C32H37Cl2N3O6S/c1-4-22(2)35-32(39)28(18-23-9-6-5-7-10-23)36(20-24-12-14-26(33)27(34)17-24)31(38)11-8-16-37(44(3,40)41)25-13-15-29-30(19-25)43-21-42-29/h5-7,9-10,12-15,17,19,22,28H,4,8,11,16,18,20-21H2,1-3H3,(H,35,39)/t22-,28-/m1/s1. The predicted octanol–water partition coefficient (Wildman–Crippen LogP) is 5.82. The van der Waals surface area contributed by atoms with Crippen molar-refractivity contribution in [1.82, 2.24) is 10.2 Å². The summed E-state index contributed by atoms with van der Waals surface area (Å²) >= 11 is 12.4. The van der Waals surface area contributed by atoms with Gasteiger partial charge >= 0.3 is 0 Å². The lowest BCUT2D eigenvalue weighted by Gasteiger charge is -2.33. The van der Waals surface area contributed by atoms with Crippen LogP contribution in [0, 0.1) is 0 Å². The Bertz CT molecular complexity index is 1570. The van der Waals surface area contributed by atoms with Crippen molar-refractivity contribution in [2.24, 2.45) is 0 Å². The number of anilines is 1. The summed E-state index contributed by atoms with van der Waals surface area (Å²) < 4.78 is 37.5. The topological polar surface area (TPSA) is 105 Å². The van der Waals surface area contributed by atoms with Gasteiger partial charge in [0.2, 0.25) is 28.6 Å². The summed E-state index contributed by atoms with van der Waals surface area (Å²) in [6.07, 6.45) is 2.35. The number of rotatable bonds is 14. The number of sulfonamides is 1. The van der Waals surface area contributed by atoms with Crippen LogP contribution in [0.4, 0.5) is 5.69 Å². The molecule has 0 radical (unpaired) electrons. The van der Waals surface area contributed by atoms with Gasteiger partial charge in [0, 0.05) is 38.0 Å². The molecule has 236 valence electrons. The number of benzene rings is 3. The van der Waals surface area contributed by atoms with Gasteiger partial charge in [-0.2, -0.15) is 0 Å². The molecule has 0 saturated carbocycles. The van der Waals surface area contributed by atoms with Crippen LogP contribution in [0.5, 0.6) is 11.5 Å². The van der Waals surface area contributed by atoms with Gasteiger partial charge in [-0.1, -0.05) is 66.5 Å². The summed E-state index contributed by atoms with van der Waals surface area (Å²) in [4.78, 5) is 29.2. The van der Waals surface area contributed by atoms with Crippen LogP contribution in [0.2, 0.25) is 10.0 Å². The Morgan fingerprint density at radius 3 is 2.36 bits per heavy atom. The fraction of sp³-hybridized carbons (Fsp3) is 0.375. The Labute approximate surface area is 269 Å². The van der Waals surface area contributed by atoms with E-state index in [0.717, 1.165) is 18.2 Å². The summed E-state index contributed by atoms with van der Waals surface area (Å²) in [7, 11) is -3.68. The van der Waals surface area contributed by atoms with Gasteiger partial charge in [0.25, 0.3) is 0 Å². The molecule has 0 unspecified atom stereocenters. The molecular formula is C32H37Cl2N3O6S. The van der Waals surface area contributed by atoms with Crippen LogP contribution in [0.3, 0.4) is 0 Å². The quantitative estimate of drug-likeness (QED) is 0.233. The maximum Gasteiger partial charge on any atom is 0.243 e. The van der Waals surface area contributed by atoms with Crippen molar-refractivity contribution in [2.75, 3.05) is 23.9 Å². The van der Waals surface area contributed by atoms with Crippen LogP contribution in [0.15, 0.2) is 66.7 Å². The third-order valence-corrected chi connectivity index (χ3v) is 9.34. The zero-order valence-corrected chi connectivity index (χ0v) is 27.3. The summed E-state index contributed by atoms with van der Waals surface area (Å²) in [5.41, 5.74) is 2.02.